The Morgan fingerprint density at radius 2 is 1.86 bits per heavy atom. The van der Waals surface area contributed by atoms with E-state index in [9.17, 15) is 9.90 Å². The number of phenols is 1. The van der Waals surface area contributed by atoms with Gasteiger partial charge in [-0.3, -0.25) is 4.79 Å². The van der Waals surface area contributed by atoms with Gasteiger partial charge in [-0.05, 0) is 35.9 Å². The fourth-order valence-electron chi connectivity index (χ4n) is 1.99. The van der Waals surface area contributed by atoms with Crippen molar-refractivity contribution in [2.45, 2.75) is 6.54 Å². The topological polar surface area (TPSA) is 66.6 Å². The van der Waals surface area contributed by atoms with Crippen molar-refractivity contribution in [3.8, 4) is 5.75 Å². The molecule has 2 aromatic carbocycles. The number of carbonyl (C=O) groups is 1. The molecule has 0 aliphatic heterocycles. The van der Waals surface area contributed by atoms with Crippen LogP contribution < -0.4 is 5.73 Å². The predicted molar refractivity (Wildman–Crippen MR) is 84.8 cm³/mol. The summed E-state index contributed by atoms with van der Waals surface area (Å²) < 4.78 is 0. The van der Waals surface area contributed by atoms with E-state index in [4.69, 9.17) is 28.9 Å². The molecule has 110 valence electrons. The Morgan fingerprint density at radius 3 is 2.48 bits per heavy atom. The first-order valence-electron chi connectivity index (χ1n) is 6.16. The number of anilines is 1. The number of nitrogens with two attached hydrogens (primary N) is 1. The first-order chi connectivity index (χ1) is 9.88. The molecule has 0 aromatic heterocycles. The number of phenolic OH excluding ortho intramolecular Hbond substituents is 1. The van der Waals surface area contributed by atoms with Crippen molar-refractivity contribution in [2.24, 2.45) is 0 Å². The van der Waals surface area contributed by atoms with E-state index >= 15 is 0 Å². The monoisotopic (exact) mass is 324 g/mol. The van der Waals surface area contributed by atoms with Crippen molar-refractivity contribution >= 4 is 34.8 Å². The summed E-state index contributed by atoms with van der Waals surface area (Å²) in [5, 5.41) is 10.9. The van der Waals surface area contributed by atoms with Crippen LogP contribution in [0.25, 0.3) is 0 Å². The number of benzene rings is 2. The number of rotatable bonds is 3. The zero-order chi connectivity index (χ0) is 15.6. The maximum absolute atomic E-state index is 12.3. The lowest BCUT2D eigenvalue weighted by Crippen LogP contribution is -2.26. The standard InChI is InChI=1S/C15H14Cl2N2O2/c1-19(8-9-5-10(16)7-11(17)6-9)15(21)12-3-2-4-13(18)14(12)20/h2-7,20H,8,18H2,1H3. The highest BCUT2D eigenvalue weighted by Crippen LogP contribution is 2.26. The van der Waals surface area contributed by atoms with Crippen LogP contribution in [-0.2, 0) is 6.54 Å². The Balaban J connectivity index is 2.21. The number of aromatic hydroxyl groups is 1. The van der Waals surface area contributed by atoms with Gasteiger partial charge < -0.3 is 15.7 Å². The third-order valence-electron chi connectivity index (χ3n) is 2.99. The molecule has 0 saturated carbocycles. The van der Waals surface area contributed by atoms with E-state index in [1.165, 1.54) is 17.0 Å². The van der Waals surface area contributed by atoms with Gasteiger partial charge in [0, 0.05) is 23.6 Å². The number of nitrogens with zero attached hydrogens (tertiary/aromatic N) is 1. The van der Waals surface area contributed by atoms with Crippen LogP contribution in [0.15, 0.2) is 36.4 Å². The minimum absolute atomic E-state index is 0.158. The molecule has 0 heterocycles. The molecule has 0 fully saturated rings. The van der Waals surface area contributed by atoms with Crippen molar-refractivity contribution in [3.05, 3.63) is 57.6 Å². The molecular weight excluding hydrogens is 311 g/mol. The van der Waals surface area contributed by atoms with Gasteiger partial charge in [0.15, 0.2) is 5.75 Å². The van der Waals surface area contributed by atoms with Gasteiger partial charge in [0.2, 0.25) is 0 Å². The normalized spacial score (nSPS) is 10.4. The van der Waals surface area contributed by atoms with Crippen molar-refractivity contribution < 1.29 is 9.90 Å². The van der Waals surface area contributed by atoms with Crippen LogP contribution >= 0.6 is 23.2 Å². The fraction of sp³-hybridized carbons (Fsp3) is 0.133. The van der Waals surface area contributed by atoms with E-state index in [2.05, 4.69) is 0 Å². The van der Waals surface area contributed by atoms with E-state index in [1.807, 2.05) is 0 Å². The van der Waals surface area contributed by atoms with Crippen LogP contribution in [0.4, 0.5) is 5.69 Å². The summed E-state index contributed by atoms with van der Waals surface area (Å²) in [6.45, 7) is 0.313. The summed E-state index contributed by atoms with van der Waals surface area (Å²) in [6.07, 6.45) is 0. The summed E-state index contributed by atoms with van der Waals surface area (Å²) >= 11 is 11.9. The number of halogens is 2. The molecule has 6 heteroatoms. The first-order valence-corrected chi connectivity index (χ1v) is 6.92. The lowest BCUT2D eigenvalue weighted by atomic mass is 10.1. The average Bonchev–Trinajstić information content (AvgIpc) is 2.40. The molecule has 4 nitrogen and oxygen atoms in total. The van der Waals surface area contributed by atoms with E-state index < -0.39 is 0 Å². The summed E-state index contributed by atoms with van der Waals surface area (Å²) in [7, 11) is 1.62. The molecular formula is C15H14Cl2N2O2. The van der Waals surface area contributed by atoms with Crippen LogP contribution in [0.3, 0.4) is 0 Å². The van der Waals surface area contributed by atoms with Crippen LogP contribution in [-0.4, -0.2) is 23.0 Å². The maximum atomic E-state index is 12.3. The Labute approximate surface area is 132 Å². The second-order valence-corrected chi connectivity index (χ2v) is 5.56. The van der Waals surface area contributed by atoms with Gasteiger partial charge in [0.25, 0.3) is 5.91 Å². The van der Waals surface area contributed by atoms with Crippen molar-refractivity contribution in [3.63, 3.8) is 0 Å². The van der Waals surface area contributed by atoms with Crippen LogP contribution in [0.5, 0.6) is 5.75 Å². The minimum Gasteiger partial charge on any atom is -0.505 e. The van der Waals surface area contributed by atoms with Crippen LogP contribution in [0, 0.1) is 0 Å². The molecule has 0 unspecified atom stereocenters. The highest BCUT2D eigenvalue weighted by atomic mass is 35.5. The lowest BCUT2D eigenvalue weighted by molar-refractivity contribution is 0.0782. The molecule has 1 amide bonds. The minimum atomic E-state index is -0.337. The number of para-hydroxylation sites is 1. The summed E-state index contributed by atoms with van der Waals surface area (Å²) in [5.41, 5.74) is 6.72. The number of nitrogen functional groups attached to an aromatic ring is 1. The molecule has 3 N–H and O–H groups in total. The van der Waals surface area contributed by atoms with Gasteiger partial charge in [-0.15, -0.1) is 0 Å². The van der Waals surface area contributed by atoms with Gasteiger partial charge in [-0.25, -0.2) is 0 Å². The molecule has 0 atom stereocenters. The Morgan fingerprint density at radius 1 is 1.24 bits per heavy atom. The zero-order valence-corrected chi connectivity index (χ0v) is 12.8. The molecule has 0 saturated heterocycles. The van der Waals surface area contributed by atoms with Crippen LogP contribution in [0.1, 0.15) is 15.9 Å². The predicted octanol–water partition coefficient (Wildman–Crippen LogP) is 3.55. The third kappa shape index (κ3) is 3.60. The maximum Gasteiger partial charge on any atom is 0.257 e. The molecule has 0 radical (unpaired) electrons. The summed E-state index contributed by atoms with van der Waals surface area (Å²) in [4.78, 5) is 13.8. The second-order valence-electron chi connectivity index (χ2n) is 4.68. The number of carbonyl (C=O) groups excluding carboxylic acids is 1. The SMILES string of the molecule is CN(Cc1cc(Cl)cc(Cl)c1)C(=O)c1cccc(N)c1O. The second kappa shape index (κ2) is 6.24. The Kier molecular flexibility index (Phi) is 4.60. The van der Waals surface area contributed by atoms with Gasteiger partial charge in [0.05, 0.1) is 11.3 Å². The van der Waals surface area contributed by atoms with Crippen molar-refractivity contribution in [2.75, 3.05) is 12.8 Å². The smallest absolute Gasteiger partial charge is 0.257 e. The lowest BCUT2D eigenvalue weighted by Gasteiger charge is -2.18. The quantitative estimate of drug-likeness (QED) is 0.670. The highest BCUT2D eigenvalue weighted by molar-refractivity contribution is 6.34. The molecule has 0 bridgehead atoms. The van der Waals surface area contributed by atoms with E-state index in [1.54, 1.807) is 31.3 Å². The van der Waals surface area contributed by atoms with Gasteiger partial charge in [0.1, 0.15) is 0 Å². The molecule has 2 rings (SSSR count). The van der Waals surface area contributed by atoms with Gasteiger partial charge in [-0.1, -0.05) is 29.3 Å². The third-order valence-corrected chi connectivity index (χ3v) is 3.42. The van der Waals surface area contributed by atoms with Gasteiger partial charge >= 0.3 is 0 Å². The van der Waals surface area contributed by atoms with Gasteiger partial charge in [-0.2, -0.15) is 0 Å². The molecule has 0 aliphatic rings. The zero-order valence-electron chi connectivity index (χ0n) is 11.3. The molecule has 2 aromatic rings. The molecule has 21 heavy (non-hydrogen) atoms. The Bertz CT molecular complexity index is 669. The summed E-state index contributed by atoms with van der Waals surface area (Å²) in [6, 6.07) is 9.76. The van der Waals surface area contributed by atoms with E-state index in [-0.39, 0.29) is 22.9 Å². The van der Waals surface area contributed by atoms with Crippen LogP contribution in [0.2, 0.25) is 10.0 Å². The Hall–Kier alpha value is -1.91. The number of hydrogen-bond donors (Lipinski definition) is 2. The number of hydrogen-bond acceptors (Lipinski definition) is 3. The first kappa shape index (κ1) is 15.5. The van der Waals surface area contributed by atoms with Crippen molar-refractivity contribution in [1.82, 2.24) is 4.90 Å². The largest absolute Gasteiger partial charge is 0.505 e. The molecule has 0 aliphatic carbocycles. The highest BCUT2D eigenvalue weighted by Gasteiger charge is 2.17. The van der Waals surface area contributed by atoms with E-state index in [0.717, 1.165) is 5.56 Å². The molecule has 0 spiro atoms. The van der Waals surface area contributed by atoms with Crippen molar-refractivity contribution in [1.29, 1.82) is 0 Å². The number of amides is 1. The fourth-order valence-corrected chi connectivity index (χ4v) is 2.56. The average molecular weight is 325 g/mol. The van der Waals surface area contributed by atoms with E-state index in [0.29, 0.717) is 16.6 Å². The summed E-state index contributed by atoms with van der Waals surface area (Å²) in [5.74, 6) is -0.547.